The Balaban J connectivity index is 2.46. The van der Waals surface area contributed by atoms with Crippen molar-refractivity contribution in [3.05, 3.63) is 35.4 Å². The lowest BCUT2D eigenvalue weighted by Gasteiger charge is -2.18. The van der Waals surface area contributed by atoms with Crippen molar-refractivity contribution in [1.29, 1.82) is 0 Å². The van der Waals surface area contributed by atoms with Crippen molar-refractivity contribution < 1.29 is 0 Å². The molecule has 18 heavy (non-hydrogen) atoms. The fraction of sp³-hybridized carbons (Fsp3) is 0.647. The Hall–Kier alpha value is -0.820. The molecule has 1 rings (SSSR count). The predicted molar refractivity (Wildman–Crippen MR) is 81.0 cm³/mol. The van der Waals surface area contributed by atoms with Crippen molar-refractivity contribution in [2.24, 2.45) is 5.92 Å². The molecule has 0 spiro atoms. The second-order valence-electron chi connectivity index (χ2n) is 5.77. The fourth-order valence-corrected chi connectivity index (χ4v) is 2.46. The molecule has 102 valence electrons. The van der Waals surface area contributed by atoms with Gasteiger partial charge in [0.1, 0.15) is 0 Å². The molecule has 1 atom stereocenters. The van der Waals surface area contributed by atoms with Gasteiger partial charge in [-0.15, -0.1) is 0 Å². The molecule has 0 bridgehead atoms. The highest BCUT2D eigenvalue weighted by Gasteiger charge is 2.08. The lowest BCUT2D eigenvalue weighted by molar-refractivity contribution is 0.442. The summed E-state index contributed by atoms with van der Waals surface area (Å²) < 4.78 is 0. The summed E-state index contributed by atoms with van der Waals surface area (Å²) in [6.45, 7) is 10.1. The molecule has 1 N–H and O–H groups in total. The number of hydrogen-bond donors (Lipinski definition) is 1. The zero-order valence-corrected chi connectivity index (χ0v) is 12.5. The Labute approximate surface area is 113 Å². The first-order valence-electron chi connectivity index (χ1n) is 7.40. The van der Waals surface area contributed by atoms with Crippen LogP contribution >= 0.6 is 0 Å². The summed E-state index contributed by atoms with van der Waals surface area (Å²) in [6, 6.07) is 9.54. The van der Waals surface area contributed by atoms with E-state index >= 15 is 0 Å². The summed E-state index contributed by atoms with van der Waals surface area (Å²) in [7, 11) is 0. The Morgan fingerprint density at radius 1 is 1.17 bits per heavy atom. The summed E-state index contributed by atoms with van der Waals surface area (Å²) in [6.07, 6.45) is 5.13. The average Bonchev–Trinajstić information content (AvgIpc) is 2.28. The van der Waals surface area contributed by atoms with Crippen LogP contribution in [0.2, 0.25) is 0 Å². The van der Waals surface area contributed by atoms with Gasteiger partial charge in [-0.2, -0.15) is 0 Å². The van der Waals surface area contributed by atoms with Gasteiger partial charge in [0, 0.05) is 6.04 Å². The van der Waals surface area contributed by atoms with Gasteiger partial charge in [-0.3, -0.25) is 0 Å². The first kappa shape index (κ1) is 15.2. The van der Waals surface area contributed by atoms with Gasteiger partial charge in [0.05, 0.1) is 0 Å². The topological polar surface area (TPSA) is 12.0 Å². The highest BCUT2D eigenvalue weighted by molar-refractivity contribution is 5.22. The van der Waals surface area contributed by atoms with E-state index in [0.29, 0.717) is 6.04 Å². The SMILES string of the molecule is CCNC(CCCC(C)C)Cc1cccc(C)c1. The number of aryl methyl sites for hydroxylation is 1. The van der Waals surface area contributed by atoms with Gasteiger partial charge in [-0.1, -0.05) is 63.4 Å². The van der Waals surface area contributed by atoms with Crippen LogP contribution in [0.1, 0.15) is 51.2 Å². The van der Waals surface area contributed by atoms with E-state index in [4.69, 9.17) is 0 Å². The van der Waals surface area contributed by atoms with Gasteiger partial charge in [0.2, 0.25) is 0 Å². The van der Waals surface area contributed by atoms with E-state index in [0.717, 1.165) is 18.9 Å². The zero-order chi connectivity index (χ0) is 13.4. The van der Waals surface area contributed by atoms with E-state index in [2.05, 4.69) is 57.3 Å². The van der Waals surface area contributed by atoms with Crippen LogP contribution in [0, 0.1) is 12.8 Å². The van der Waals surface area contributed by atoms with Crippen LogP contribution in [-0.4, -0.2) is 12.6 Å². The Morgan fingerprint density at radius 2 is 1.94 bits per heavy atom. The van der Waals surface area contributed by atoms with Crippen LogP contribution in [0.3, 0.4) is 0 Å². The van der Waals surface area contributed by atoms with Gasteiger partial charge in [0.15, 0.2) is 0 Å². The maximum atomic E-state index is 3.62. The summed E-state index contributed by atoms with van der Waals surface area (Å²) in [4.78, 5) is 0. The van der Waals surface area contributed by atoms with E-state index in [1.165, 1.54) is 30.4 Å². The first-order valence-corrected chi connectivity index (χ1v) is 7.40. The molecule has 0 radical (unpaired) electrons. The van der Waals surface area contributed by atoms with Crippen LogP contribution in [0.5, 0.6) is 0 Å². The van der Waals surface area contributed by atoms with E-state index in [9.17, 15) is 0 Å². The predicted octanol–water partition coefficient (Wildman–Crippen LogP) is 4.34. The highest BCUT2D eigenvalue weighted by atomic mass is 14.9. The standard InChI is InChI=1S/C17H29N/c1-5-18-17(11-6-8-14(2)3)13-16-10-7-9-15(4)12-16/h7,9-10,12,14,17-18H,5-6,8,11,13H2,1-4H3. The summed E-state index contributed by atoms with van der Waals surface area (Å²) in [5.41, 5.74) is 2.83. The minimum Gasteiger partial charge on any atom is -0.314 e. The van der Waals surface area contributed by atoms with Gasteiger partial charge >= 0.3 is 0 Å². The molecular formula is C17H29N. The molecule has 0 heterocycles. The monoisotopic (exact) mass is 247 g/mol. The molecule has 1 heteroatoms. The lowest BCUT2D eigenvalue weighted by atomic mass is 9.97. The smallest absolute Gasteiger partial charge is 0.0107 e. The molecule has 1 unspecified atom stereocenters. The van der Waals surface area contributed by atoms with Crippen molar-refractivity contribution in [1.82, 2.24) is 5.32 Å². The Morgan fingerprint density at radius 3 is 2.56 bits per heavy atom. The maximum absolute atomic E-state index is 3.62. The van der Waals surface area contributed by atoms with Crippen LogP contribution in [0.4, 0.5) is 0 Å². The van der Waals surface area contributed by atoms with E-state index in [1.807, 2.05) is 0 Å². The maximum Gasteiger partial charge on any atom is 0.0107 e. The van der Waals surface area contributed by atoms with Crippen LogP contribution < -0.4 is 5.32 Å². The van der Waals surface area contributed by atoms with E-state index in [1.54, 1.807) is 0 Å². The largest absolute Gasteiger partial charge is 0.314 e. The number of hydrogen-bond acceptors (Lipinski definition) is 1. The first-order chi connectivity index (χ1) is 8.61. The number of rotatable bonds is 8. The minimum atomic E-state index is 0.635. The molecule has 0 saturated carbocycles. The highest BCUT2D eigenvalue weighted by Crippen LogP contribution is 2.13. The molecule has 0 saturated heterocycles. The van der Waals surface area contributed by atoms with Crippen molar-refractivity contribution >= 4 is 0 Å². The Bertz CT molecular complexity index is 330. The van der Waals surface area contributed by atoms with Crippen LogP contribution in [0.15, 0.2) is 24.3 Å². The number of benzene rings is 1. The van der Waals surface area contributed by atoms with Gasteiger partial charge in [-0.05, 0) is 37.8 Å². The molecule has 0 fully saturated rings. The second kappa shape index (κ2) is 8.31. The van der Waals surface area contributed by atoms with Crippen molar-refractivity contribution in [2.75, 3.05) is 6.54 Å². The molecule has 0 amide bonds. The third-order valence-corrected chi connectivity index (χ3v) is 3.39. The molecule has 0 aliphatic carbocycles. The normalized spacial score (nSPS) is 12.9. The fourth-order valence-electron chi connectivity index (χ4n) is 2.46. The zero-order valence-electron chi connectivity index (χ0n) is 12.5. The second-order valence-corrected chi connectivity index (χ2v) is 5.77. The molecular weight excluding hydrogens is 218 g/mol. The van der Waals surface area contributed by atoms with Gasteiger partial charge < -0.3 is 5.32 Å². The molecule has 0 aliphatic rings. The lowest BCUT2D eigenvalue weighted by Crippen LogP contribution is -2.31. The van der Waals surface area contributed by atoms with Crippen molar-refractivity contribution in [2.45, 2.75) is 59.4 Å². The third-order valence-electron chi connectivity index (χ3n) is 3.39. The number of nitrogens with one attached hydrogen (secondary N) is 1. The minimum absolute atomic E-state index is 0.635. The third kappa shape index (κ3) is 6.20. The molecule has 1 aromatic carbocycles. The number of likely N-dealkylation sites (N-methyl/N-ethyl adjacent to an activating group) is 1. The Kier molecular flexibility index (Phi) is 7.04. The summed E-state index contributed by atoms with van der Waals surface area (Å²) in [5, 5.41) is 3.62. The summed E-state index contributed by atoms with van der Waals surface area (Å²) in [5.74, 6) is 0.825. The molecule has 0 aliphatic heterocycles. The molecule has 0 aromatic heterocycles. The van der Waals surface area contributed by atoms with E-state index in [-0.39, 0.29) is 0 Å². The molecule has 1 nitrogen and oxygen atoms in total. The van der Waals surface area contributed by atoms with Crippen molar-refractivity contribution in [3.8, 4) is 0 Å². The quantitative estimate of drug-likeness (QED) is 0.720. The van der Waals surface area contributed by atoms with Crippen molar-refractivity contribution in [3.63, 3.8) is 0 Å². The average molecular weight is 247 g/mol. The van der Waals surface area contributed by atoms with Crippen LogP contribution in [-0.2, 0) is 6.42 Å². The summed E-state index contributed by atoms with van der Waals surface area (Å²) >= 11 is 0. The molecule has 1 aromatic rings. The van der Waals surface area contributed by atoms with Gasteiger partial charge in [0.25, 0.3) is 0 Å². The van der Waals surface area contributed by atoms with Crippen LogP contribution in [0.25, 0.3) is 0 Å². The van der Waals surface area contributed by atoms with Gasteiger partial charge in [-0.25, -0.2) is 0 Å². The van der Waals surface area contributed by atoms with E-state index < -0.39 is 0 Å².